The quantitative estimate of drug-likeness (QED) is 0.238. The van der Waals surface area contributed by atoms with Crippen molar-refractivity contribution in [2.45, 2.75) is 54.8 Å². The zero-order chi connectivity index (χ0) is 17.4. The van der Waals surface area contributed by atoms with Crippen molar-refractivity contribution in [1.29, 1.82) is 0 Å². The van der Waals surface area contributed by atoms with E-state index in [1.165, 1.54) is 0 Å². The standard InChI is InChI=1S/C12H22O11/c13-1-4-6(16)8(18)9(19)11(21-4)23-12(3-15)10(20)7(17)5(2-14)22-12/h4-11,13-20H,1-3H2/t4?,5-,6-,7-,8+,9?,10-,11-,12+/m1/s1. The predicted octanol–water partition coefficient (Wildman–Crippen LogP) is -5.40. The zero-order valence-corrected chi connectivity index (χ0v) is 12.0. The fraction of sp³-hybridized carbons (Fsp3) is 1.00. The summed E-state index contributed by atoms with van der Waals surface area (Å²) >= 11 is 0. The van der Waals surface area contributed by atoms with Crippen molar-refractivity contribution in [2.24, 2.45) is 0 Å². The summed E-state index contributed by atoms with van der Waals surface area (Å²) in [5.41, 5.74) is 0. The Hall–Kier alpha value is -0.440. The number of rotatable bonds is 5. The van der Waals surface area contributed by atoms with E-state index >= 15 is 0 Å². The highest BCUT2D eigenvalue weighted by Crippen LogP contribution is 2.35. The van der Waals surface area contributed by atoms with Gasteiger partial charge in [-0.25, -0.2) is 0 Å². The molecule has 0 aliphatic carbocycles. The van der Waals surface area contributed by atoms with Crippen molar-refractivity contribution in [3.63, 3.8) is 0 Å². The molecule has 0 radical (unpaired) electrons. The number of aliphatic hydroxyl groups is 8. The van der Waals surface area contributed by atoms with Crippen molar-refractivity contribution in [3.05, 3.63) is 0 Å². The molecule has 0 aromatic heterocycles. The van der Waals surface area contributed by atoms with Gasteiger partial charge in [-0.05, 0) is 0 Å². The van der Waals surface area contributed by atoms with Gasteiger partial charge in [-0.15, -0.1) is 0 Å². The second-order valence-electron chi connectivity index (χ2n) is 5.56. The van der Waals surface area contributed by atoms with Gasteiger partial charge in [0.1, 0.15) is 49.3 Å². The Labute approximate surface area is 130 Å². The number of hydrogen-bond acceptors (Lipinski definition) is 11. The van der Waals surface area contributed by atoms with Gasteiger partial charge in [0.25, 0.3) is 0 Å². The van der Waals surface area contributed by atoms with Gasteiger partial charge in [0.05, 0.1) is 13.2 Å². The number of ether oxygens (including phenoxy) is 3. The third-order valence-electron chi connectivity index (χ3n) is 4.07. The van der Waals surface area contributed by atoms with Crippen LogP contribution in [0.1, 0.15) is 0 Å². The summed E-state index contributed by atoms with van der Waals surface area (Å²) in [6, 6.07) is 0. The van der Waals surface area contributed by atoms with Crippen LogP contribution in [-0.2, 0) is 14.2 Å². The average Bonchev–Trinajstić information content (AvgIpc) is 2.80. The van der Waals surface area contributed by atoms with E-state index in [0.29, 0.717) is 0 Å². The molecule has 2 heterocycles. The predicted molar refractivity (Wildman–Crippen MR) is 68.6 cm³/mol. The molecule has 8 N–H and O–H groups in total. The Morgan fingerprint density at radius 3 is 1.87 bits per heavy atom. The Balaban J connectivity index is 2.18. The van der Waals surface area contributed by atoms with E-state index in [2.05, 4.69) is 0 Å². The summed E-state index contributed by atoms with van der Waals surface area (Å²) in [5, 5.41) is 76.7. The Kier molecular flexibility index (Phi) is 5.92. The first-order chi connectivity index (χ1) is 10.8. The highest BCUT2D eigenvalue weighted by molar-refractivity contribution is 4.98. The summed E-state index contributed by atoms with van der Waals surface area (Å²) in [6.45, 7) is -2.32. The molecule has 2 aliphatic rings. The minimum atomic E-state index is -2.22. The Morgan fingerprint density at radius 2 is 1.39 bits per heavy atom. The van der Waals surface area contributed by atoms with Crippen LogP contribution in [-0.4, -0.2) is 115 Å². The smallest absolute Gasteiger partial charge is 0.224 e. The molecule has 23 heavy (non-hydrogen) atoms. The van der Waals surface area contributed by atoms with Gasteiger partial charge in [0.15, 0.2) is 6.29 Å². The molecule has 0 aromatic rings. The molecular weight excluding hydrogens is 320 g/mol. The zero-order valence-electron chi connectivity index (χ0n) is 12.0. The minimum absolute atomic E-state index is 0.669. The fourth-order valence-electron chi connectivity index (χ4n) is 2.63. The van der Waals surface area contributed by atoms with Crippen LogP contribution in [0.15, 0.2) is 0 Å². The monoisotopic (exact) mass is 342 g/mol. The van der Waals surface area contributed by atoms with Crippen LogP contribution in [0.3, 0.4) is 0 Å². The Morgan fingerprint density at radius 1 is 0.783 bits per heavy atom. The molecule has 2 saturated heterocycles. The molecule has 9 atom stereocenters. The van der Waals surface area contributed by atoms with Crippen LogP contribution in [0.4, 0.5) is 0 Å². The van der Waals surface area contributed by atoms with Crippen molar-refractivity contribution in [2.75, 3.05) is 19.8 Å². The highest BCUT2D eigenvalue weighted by Gasteiger charge is 2.58. The van der Waals surface area contributed by atoms with Gasteiger partial charge in [0, 0.05) is 0 Å². The first-order valence-corrected chi connectivity index (χ1v) is 7.05. The van der Waals surface area contributed by atoms with Gasteiger partial charge in [0.2, 0.25) is 5.79 Å². The van der Waals surface area contributed by atoms with Crippen LogP contribution in [0.2, 0.25) is 0 Å². The van der Waals surface area contributed by atoms with E-state index in [0.717, 1.165) is 0 Å². The summed E-state index contributed by atoms with van der Waals surface area (Å²) in [4.78, 5) is 0. The lowest BCUT2D eigenvalue weighted by atomic mass is 9.99. The molecule has 0 spiro atoms. The molecule has 2 unspecified atom stereocenters. The topological polar surface area (TPSA) is 190 Å². The largest absolute Gasteiger partial charge is 0.394 e. The van der Waals surface area contributed by atoms with E-state index in [1.54, 1.807) is 0 Å². The number of aliphatic hydroxyl groups excluding tert-OH is 8. The highest BCUT2D eigenvalue weighted by atomic mass is 16.8. The maximum atomic E-state index is 10.00. The van der Waals surface area contributed by atoms with Crippen LogP contribution in [0, 0.1) is 0 Å². The van der Waals surface area contributed by atoms with Crippen LogP contribution >= 0.6 is 0 Å². The molecule has 136 valence electrons. The maximum absolute atomic E-state index is 10.00. The van der Waals surface area contributed by atoms with Crippen molar-refractivity contribution < 1.29 is 55.1 Å². The SMILES string of the molecule is OCC1O[C@H](O[C@]2(CO)O[C@H](CO)[C@@H](O)[C@H]2O)C(O)[C@@H](O)[C@@H]1O. The van der Waals surface area contributed by atoms with Gasteiger partial charge < -0.3 is 55.1 Å². The van der Waals surface area contributed by atoms with E-state index in [4.69, 9.17) is 24.4 Å². The lowest BCUT2D eigenvalue weighted by Gasteiger charge is -2.43. The van der Waals surface area contributed by atoms with Gasteiger partial charge in [-0.2, -0.15) is 0 Å². The summed E-state index contributed by atoms with van der Waals surface area (Å²) in [6.07, 6.45) is -12.7. The molecule has 0 saturated carbocycles. The third kappa shape index (κ3) is 3.23. The van der Waals surface area contributed by atoms with Gasteiger partial charge in [-0.1, -0.05) is 0 Å². The molecule has 2 rings (SSSR count). The summed E-state index contributed by atoms with van der Waals surface area (Å²) in [7, 11) is 0. The van der Waals surface area contributed by atoms with Crippen molar-refractivity contribution in [3.8, 4) is 0 Å². The summed E-state index contributed by atoms with van der Waals surface area (Å²) < 4.78 is 15.4. The third-order valence-corrected chi connectivity index (χ3v) is 4.07. The van der Waals surface area contributed by atoms with Crippen LogP contribution in [0.5, 0.6) is 0 Å². The number of hydrogen-bond donors (Lipinski definition) is 8. The molecule has 11 heteroatoms. The van der Waals surface area contributed by atoms with Gasteiger partial charge in [-0.3, -0.25) is 0 Å². The van der Waals surface area contributed by atoms with E-state index in [1.807, 2.05) is 0 Å². The van der Waals surface area contributed by atoms with Crippen molar-refractivity contribution in [1.82, 2.24) is 0 Å². The second-order valence-corrected chi connectivity index (χ2v) is 5.56. The first kappa shape index (κ1) is 18.9. The Bertz CT molecular complexity index is 393. The minimum Gasteiger partial charge on any atom is -0.394 e. The maximum Gasteiger partial charge on any atom is 0.224 e. The lowest BCUT2D eigenvalue weighted by molar-refractivity contribution is -0.383. The lowest BCUT2D eigenvalue weighted by Crippen LogP contribution is -2.62. The summed E-state index contributed by atoms with van der Waals surface area (Å²) in [5.74, 6) is -2.22. The molecule has 11 nitrogen and oxygen atoms in total. The van der Waals surface area contributed by atoms with Gasteiger partial charge >= 0.3 is 0 Å². The molecular formula is C12H22O11. The van der Waals surface area contributed by atoms with Crippen LogP contribution < -0.4 is 0 Å². The molecule has 0 bridgehead atoms. The van der Waals surface area contributed by atoms with E-state index in [9.17, 15) is 30.6 Å². The molecule has 2 fully saturated rings. The van der Waals surface area contributed by atoms with Crippen molar-refractivity contribution >= 4 is 0 Å². The second kappa shape index (κ2) is 7.21. The fourth-order valence-corrected chi connectivity index (χ4v) is 2.63. The first-order valence-electron chi connectivity index (χ1n) is 7.05. The van der Waals surface area contributed by atoms with E-state index < -0.39 is 74.6 Å². The molecule has 0 aromatic carbocycles. The molecule has 2 aliphatic heterocycles. The molecule has 0 amide bonds. The van der Waals surface area contributed by atoms with E-state index in [-0.39, 0.29) is 0 Å². The van der Waals surface area contributed by atoms with Crippen LogP contribution in [0.25, 0.3) is 0 Å². The normalized spacial score (nSPS) is 51.1. The average molecular weight is 342 g/mol.